The van der Waals surface area contributed by atoms with Gasteiger partial charge in [-0.2, -0.15) is 0 Å². The topological polar surface area (TPSA) is 24.9 Å². The van der Waals surface area contributed by atoms with E-state index in [1.807, 2.05) is 13.0 Å². The van der Waals surface area contributed by atoms with E-state index in [1.165, 1.54) is 17.7 Å². The van der Waals surface area contributed by atoms with E-state index in [0.717, 1.165) is 44.8 Å². The Balaban J connectivity index is 1.60. The van der Waals surface area contributed by atoms with Crippen LogP contribution in [-0.2, 0) is 4.74 Å². The van der Waals surface area contributed by atoms with Gasteiger partial charge in [0.25, 0.3) is 0 Å². The molecule has 1 heterocycles. The number of halogens is 1. The molecule has 4 nitrogen and oxygen atoms in total. The number of methoxy groups -OCH3 is 2. The molecule has 2 unspecified atom stereocenters. The highest BCUT2D eigenvalue weighted by Crippen LogP contribution is 2.30. The molecule has 5 heteroatoms. The standard InChI is InChI=1S/C25H33FN2O2/c1-4-8-24(29-2)22(20-9-6-5-7-10-20)13-14-27-15-17-28(18-16-27)23-12-11-21(26)19-25(23)30-3/h4-12,19,22,24H,13-18H2,1-3H3/b8-4+. The van der Waals surface area contributed by atoms with E-state index in [2.05, 4.69) is 52.3 Å². The zero-order valence-corrected chi connectivity index (χ0v) is 18.3. The number of benzene rings is 2. The third kappa shape index (κ3) is 5.61. The monoisotopic (exact) mass is 412 g/mol. The van der Waals surface area contributed by atoms with Gasteiger partial charge in [-0.3, -0.25) is 4.90 Å². The van der Waals surface area contributed by atoms with Crippen molar-refractivity contribution in [1.82, 2.24) is 4.90 Å². The van der Waals surface area contributed by atoms with Crippen LogP contribution in [0.2, 0.25) is 0 Å². The minimum absolute atomic E-state index is 0.0714. The van der Waals surface area contributed by atoms with Crippen molar-refractivity contribution in [2.24, 2.45) is 0 Å². The molecule has 0 N–H and O–H groups in total. The second-order valence-corrected chi connectivity index (χ2v) is 7.68. The van der Waals surface area contributed by atoms with E-state index < -0.39 is 0 Å². The number of rotatable bonds is 9. The number of nitrogens with zero attached hydrogens (tertiary/aromatic N) is 2. The summed E-state index contributed by atoms with van der Waals surface area (Å²) >= 11 is 0. The summed E-state index contributed by atoms with van der Waals surface area (Å²) in [4.78, 5) is 4.78. The van der Waals surface area contributed by atoms with E-state index in [9.17, 15) is 4.39 Å². The lowest BCUT2D eigenvalue weighted by atomic mass is 9.89. The fourth-order valence-electron chi connectivity index (χ4n) is 4.23. The second kappa shape index (κ2) is 11.1. The molecule has 162 valence electrons. The number of piperazine rings is 1. The number of anilines is 1. The second-order valence-electron chi connectivity index (χ2n) is 7.68. The number of hydrogen-bond acceptors (Lipinski definition) is 4. The fraction of sp³-hybridized carbons (Fsp3) is 0.440. The molecular formula is C25H33FN2O2. The first-order valence-electron chi connectivity index (χ1n) is 10.7. The summed E-state index contributed by atoms with van der Waals surface area (Å²) in [6, 6.07) is 15.4. The lowest BCUT2D eigenvalue weighted by molar-refractivity contribution is 0.107. The molecule has 1 fully saturated rings. The summed E-state index contributed by atoms with van der Waals surface area (Å²) in [5.41, 5.74) is 2.28. The van der Waals surface area contributed by atoms with Gasteiger partial charge in [-0.05, 0) is 37.6 Å². The van der Waals surface area contributed by atoms with Crippen molar-refractivity contribution in [1.29, 1.82) is 0 Å². The number of allylic oxidation sites excluding steroid dienone is 1. The quantitative estimate of drug-likeness (QED) is 0.557. The van der Waals surface area contributed by atoms with Gasteiger partial charge in [0, 0.05) is 45.3 Å². The molecule has 2 aromatic rings. The third-order valence-electron chi connectivity index (χ3n) is 5.89. The zero-order chi connectivity index (χ0) is 21.3. The van der Waals surface area contributed by atoms with Crippen LogP contribution in [0.15, 0.2) is 60.7 Å². The average molecular weight is 413 g/mol. The molecule has 0 amide bonds. The first-order valence-corrected chi connectivity index (χ1v) is 10.7. The van der Waals surface area contributed by atoms with Crippen molar-refractivity contribution in [2.45, 2.75) is 25.4 Å². The van der Waals surface area contributed by atoms with E-state index in [0.29, 0.717) is 11.7 Å². The maximum atomic E-state index is 13.5. The maximum Gasteiger partial charge on any atom is 0.145 e. The molecule has 1 aliphatic heterocycles. The normalized spacial score (nSPS) is 17.3. The lowest BCUT2D eigenvalue weighted by Crippen LogP contribution is -2.47. The van der Waals surface area contributed by atoms with Crippen LogP contribution in [0.25, 0.3) is 0 Å². The molecule has 2 atom stereocenters. The Morgan fingerprint density at radius 1 is 1.03 bits per heavy atom. The summed E-state index contributed by atoms with van der Waals surface area (Å²) in [5, 5.41) is 0. The van der Waals surface area contributed by atoms with Crippen molar-refractivity contribution in [3.63, 3.8) is 0 Å². The minimum Gasteiger partial charge on any atom is -0.494 e. The largest absolute Gasteiger partial charge is 0.494 e. The van der Waals surface area contributed by atoms with Gasteiger partial charge in [-0.15, -0.1) is 0 Å². The Labute approximate surface area is 179 Å². The molecule has 3 rings (SSSR count). The van der Waals surface area contributed by atoms with Gasteiger partial charge in [0.15, 0.2) is 0 Å². The highest BCUT2D eigenvalue weighted by molar-refractivity contribution is 5.59. The van der Waals surface area contributed by atoms with Crippen LogP contribution < -0.4 is 9.64 Å². The molecule has 0 aromatic heterocycles. The van der Waals surface area contributed by atoms with Crippen molar-refractivity contribution in [2.75, 3.05) is 51.8 Å². The summed E-state index contributed by atoms with van der Waals surface area (Å²) in [6.07, 6.45) is 5.32. The van der Waals surface area contributed by atoms with E-state index in [1.54, 1.807) is 14.2 Å². The van der Waals surface area contributed by atoms with Gasteiger partial charge < -0.3 is 14.4 Å². The van der Waals surface area contributed by atoms with Gasteiger partial charge in [0.2, 0.25) is 0 Å². The summed E-state index contributed by atoms with van der Waals surface area (Å²) in [5.74, 6) is 0.652. The van der Waals surface area contributed by atoms with E-state index >= 15 is 0 Å². The summed E-state index contributed by atoms with van der Waals surface area (Å²) < 4.78 is 24.7. The Hall–Kier alpha value is -2.37. The highest BCUT2D eigenvalue weighted by Gasteiger charge is 2.24. The van der Waals surface area contributed by atoms with Crippen molar-refractivity contribution in [3.8, 4) is 5.75 Å². The van der Waals surface area contributed by atoms with Crippen LogP contribution in [0.4, 0.5) is 10.1 Å². The third-order valence-corrected chi connectivity index (χ3v) is 5.89. The molecule has 1 saturated heterocycles. The minimum atomic E-state index is -0.269. The van der Waals surface area contributed by atoms with Gasteiger partial charge in [0.1, 0.15) is 11.6 Å². The Morgan fingerprint density at radius 3 is 2.40 bits per heavy atom. The predicted octanol–water partition coefficient (Wildman–Crippen LogP) is 4.72. The Morgan fingerprint density at radius 2 is 1.77 bits per heavy atom. The summed E-state index contributed by atoms with van der Waals surface area (Å²) in [6.45, 7) is 6.82. The van der Waals surface area contributed by atoms with Crippen molar-refractivity contribution < 1.29 is 13.9 Å². The number of hydrogen-bond donors (Lipinski definition) is 0. The lowest BCUT2D eigenvalue weighted by Gasteiger charge is -2.37. The van der Waals surface area contributed by atoms with Crippen molar-refractivity contribution in [3.05, 3.63) is 72.1 Å². The van der Waals surface area contributed by atoms with Gasteiger partial charge in [-0.1, -0.05) is 42.5 Å². The molecule has 0 saturated carbocycles. The SMILES string of the molecule is C/C=C/C(OC)C(CCN1CCN(c2ccc(F)cc2OC)CC1)c1ccccc1. The molecule has 0 bridgehead atoms. The summed E-state index contributed by atoms with van der Waals surface area (Å²) in [7, 11) is 3.38. The molecule has 0 spiro atoms. The predicted molar refractivity (Wildman–Crippen MR) is 121 cm³/mol. The van der Waals surface area contributed by atoms with Crippen LogP contribution in [-0.4, -0.2) is 57.9 Å². The molecule has 0 aliphatic carbocycles. The van der Waals surface area contributed by atoms with Gasteiger partial charge in [-0.25, -0.2) is 4.39 Å². The first kappa shape index (κ1) is 22.3. The first-order chi connectivity index (χ1) is 14.7. The van der Waals surface area contributed by atoms with Crippen LogP contribution in [0.3, 0.4) is 0 Å². The van der Waals surface area contributed by atoms with Gasteiger partial charge >= 0.3 is 0 Å². The van der Waals surface area contributed by atoms with Crippen molar-refractivity contribution >= 4 is 5.69 Å². The Bertz CT molecular complexity index is 804. The molecular weight excluding hydrogens is 379 g/mol. The van der Waals surface area contributed by atoms with Gasteiger partial charge in [0.05, 0.1) is 18.9 Å². The average Bonchev–Trinajstić information content (AvgIpc) is 2.79. The maximum absolute atomic E-state index is 13.5. The highest BCUT2D eigenvalue weighted by atomic mass is 19.1. The Kier molecular flexibility index (Phi) is 8.29. The molecule has 2 aromatic carbocycles. The van der Waals surface area contributed by atoms with E-state index in [4.69, 9.17) is 9.47 Å². The van der Waals surface area contributed by atoms with Crippen LogP contribution >= 0.6 is 0 Å². The smallest absolute Gasteiger partial charge is 0.145 e. The molecule has 0 radical (unpaired) electrons. The van der Waals surface area contributed by atoms with Crippen LogP contribution in [0, 0.1) is 5.82 Å². The fourth-order valence-corrected chi connectivity index (χ4v) is 4.23. The van der Waals surface area contributed by atoms with Crippen LogP contribution in [0.5, 0.6) is 5.75 Å². The van der Waals surface area contributed by atoms with E-state index in [-0.39, 0.29) is 11.9 Å². The van der Waals surface area contributed by atoms with Crippen LogP contribution in [0.1, 0.15) is 24.8 Å². The zero-order valence-electron chi connectivity index (χ0n) is 18.3. The molecule has 30 heavy (non-hydrogen) atoms. The molecule has 1 aliphatic rings. The number of ether oxygens (including phenoxy) is 2.